The fraction of sp³-hybridized carbons (Fsp3) is 0. The van der Waals surface area contributed by atoms with Crippen molar-refractivity contribution in [3.05, 3.63) is 83.9 Å². The summed E-state index contributed by atoms with van der Waals surface area (Å²) in [4.78, 5) is 24.2. The summed E-state index contributed by atoms with van der Waals surface area (Å²) in [5.74, 6) is -3.36. The molecule has 178 valence electrons. The molecule has 0 bridgehead atoms. The number of hydrogen-bond donors (Lipinski definition) is 4. The second-order valence-electron chi connectivity index (χ2n) is 6.79. The molecular weight excluding hydrogens is 488 g/mol. The molecule has 3 aromatic rings. The van der Waals surface area contributed by atoms with Crippen molar-refractivity contribution in [2.75, 3.05) is 8.61 Å². The number of anilines is 4. The molecule has 0 heterocycles. The van der Waals surface area contributed by atoms with Gasteiger partial charge >= 0.3 is 32.4 Å². The van der Waals surface area contributed by atoms with Crippen molar-refractivity contribution in [1.29, 1.82) is 0 Å². The van der Waals surface area contributed by atoms with E-state index in [0.29, 0.717) is 20.7 Å². The number of aromatic carboxylic acids is 2. The number of hydrogen-bond acceptors (Lipinski definition) is 6. The molecule has 0 fully saturated rings. The fourth-order valence-electron chi connectivity index (χ4n) is 3.23. The molecule has 0 spiro atoms. The predicted molar refractivity (Wildman–Crippen MR) is 124 cm³/mol. The van der Waals surface area contributed by atoms with E-state index >= 15 is 0 Å². The quantitative estimate of drug-likeness (QED) is 0.354. The van der Waals surface area contributed by atoms with Crippen molar-refractivity contribution < 1.29 is 36.6 Å². The molecule has 0 saturated heterocycles. The van der Waals surface area contributed by atoms with E-state index in [9.17, 15) is 36.6 Å². The first kappa shape index (κ1) is 24.7. The number of benzene rings is 3. The van der Waals surface area contributed by atoms with Crippen LogP contribution >= 0.6 is 0 Å². The lowest BCUT2D eigenvalue weighted by Gasteiger charge is -2.27. The van der Waals surface area contributed by atoms with Crippen LogP contribution in [0.2, 0.25) is 0 Å². The predicted octanol–water partition coefficient (Wildman–Crippen LogP) is 1.77. The van der Waals surface area contributed by atoms with Gasteiger partial charge in [-0.15, -0.1) is 0 Å². The average Bonchev–Trinajstić information content (AvgIpc) is 2.73. The zero-order valence-electron chi connectivity index (χ0n) is 17.1. The Morgan fingerprint density at radius 2 is 0.912 bits per heavy atom. The molecule has 3 rings (SSSR count). The van der Waals surface area contributed by atoms with Crippen LogP contribution in [0.3, 0.4) is 0 Å². The summed E-state index contributed by atoms with van der Waals surface area (Å²) in [5.41, 5.74) is -2.90. The Kier molecular flexibility index (Phi) is 6.60. The van der Waals surface area contributed by atoms with Gasteiger partial charge in [0, 0.05) is 0 Å². The number of rotatable bonds is 8. The van der Waals surface area contributed by atoms with Gasteiger partial charge in [-0.25, -0.2) is 28.5 Å². The maximum Gasteiger partial charge on any atom is 0.337 e. The first-order chi connectivity index (χ1) is 15.8. The van der Waals surface area contributed by atoms with Crippen molar-refractivity contribution in [2.45, 2.75) is 0 Å². The Hall–Kier alpha value is -3.98. The van der Waals surface area contributed by atoms with Crippen molar-refractivity contribution in [2.24, 2.45) is 10.3 Å². The second kappa shape index (κ2) is 9.11. The molecule has 14 heteroatoms. The monoisotopic (exact) mass is 506 g/mol. The molecule has 0 aliphatic rings. The molecule has 0 unspecified atom stereocenters. The van der Waals surface area contributed by atoms with Crippen molar-refractivity contribution in [3.63, 3.8) is 0 Å². The van der Waals surface area contributed by atoms with E-state index in [1.807, 2.05) is 0 Å². The van der Waals surface area contributed by atoms with Gasteiger partial charge in [0.15, 0.2) is 0 Å². The Balaban J connectivity index is 2.44. The van der Waals surface area contributed by atoms with E-state index in [1.54, 1.807) is 12.1 Å². The number of carbonyl (C=O) groups is 2. The van der Waals surface area contributed by atoms with Gasteiger partial charge in [0.1, 0.15) is 0 Å². The van der Waals surface area contributed by atoms with Crippen LogP contribution in [-0.2, 0) is 20.4 Å². The summed E-state index contributed by atoms with van der Waals surface area (Å²) >= 11 is 0. The highest BCUT2D eigenvalue weighted by Gasteiger charge is 2.32. The van der Waals surface area contributed by atoms with Crippen molar-refractivity contribution in [3.8, 4) is 0 Å². The van der Waals surface area contributed by atoms with Crippen LogP contribution in [0.15, 0.2) is 72.8 Å². The minimum atomic E-state index is -4.66. The summed E-state index contributed by atoms with van der Waals surface area (Å²) in [5, 5.41) is 30.3. The number of carboxylic acid groups (broad SMARTS) is 2. The highest BCUT2D eigenvalue weighted by molar-refractivity contribution is 7.91. The maximum atomic E-state index is 12.4. The van der Waals surface area contributed by atoms with E-state index in [-0.39, 0.29) is 11.4 Å². The lowest BCUT2D eigenvalue weighted by Crippen LogP contribution is -2.36. The zero-order valence-corrected chi connectivity index (χ0v) is 18.8. The van der Waals surface area contributed by atoms with Gasteiger partial charge in [-0.1, -0.05) is 36.4 Å². The molecule has 0 radical (unpaired) electrons. The molecule has 12 nitrogen and oxygen atoms in total. The molecule has 34 heavy (non-hydrogen) atoms. The third kappa shape index (κ3) is 4.99. The molecule has 0 saturated carbocycles. The van der Waals surface area contributed by atoms with Gasteiger partial charge in [0.05, 0.1) is 33.9 Å². The van der Waals surface area contributed by atoms with Crippen LogP contribution in [0.5, 0.6) is 0 Å². The fourth-order valence-corrected chi connectivity index (χ4v) is 4.91. The summed E-state index contributed by atoms with van der Waals surface area (Å²) in [7, 11) is -9.33. The number of carboxylic acids is 2. The van der Waals surface area contributed by atoms with Gasteiger partial charge in [-0.3, -0.25) is 0 Å². The summed E-state index contributed by atoms with van der Waals surface area (Å²) in [6.45, 7) is 0. The van der Waals surface area contributed by atoms with Gasteiger partial charge < -0.3 is 10.2 Å². The molecule has 0 amide bonds. The summed E-state index contributed by atoms with van der Waals surface area (Å²) in [6.07, 6.45) is 0. The minimum Gasteiger partial charge on any atom is -0.478 e. The molecule has 0 aromatic heterocycles. The Bertz CT molecular complexity index is 1350. The van der Waals surface area contributed by atoms with Gasteiger partial charge in [0.2, 0.25) is 0 Å². The molecule has 6 N–H and O–H groups in total. The summed E-state index contributed by atoms with van der Waals surface area (Å²) in [6, 6.07) is 15.6. The van der Waals surface area contributed by atoms with Gasteiger partial charge in [-0.05, 0) is 36.4 Å². The van der Waals surface area contributed by atoms with Crippen molar-refractivity contribution >= 4 is 55.1 Å². The SMILES string of the molecule is NS(=O)(=O)N(c1ccccc1)c1cc(C(=O)O)c(N(c2ccccc2)S(N)(=O)=O)cc1C(=O)O. The van der Waals surface area contributed by atoms with E-state index in [1.165, 1.54) is 48.5 Å². The molecule has 0 aliphatic carbocycles. The maximum absolute atomic E-state index is 12.4. The number of para-hydroxylation sites is 2. The topological polar surface area (TPSA) is 201 Å². The first-order valence-electron chi connectivity index (χ1n) is 9.23. The first-order valence-corrected chi connectivity index (χ1v) is 12.2. The Morgan fingerprint density at radius 1 is 0.618 bits per heavy atom. The van der Waals surface area contributed by atoms with Gasteiger partial charge in [-0.2, -0.15) is 16.8 Å². The zero-order chi connectivity index (χ0) is 25.3. The van der Waals surface area contributed by atoms with Crippen LogP contribution in [0.4, 0.5) is 22.7 Å². The number of nitrogens with two attached hydrogens (primary N) is 2. The van der Waals surface area contributed by atoms with E-state index in [0.717, 1.165) is 0 Å². The van der Waals surface area contributed by atoms with E-state index < -0.39 is 54.9 Å². The largest absolute Gasteiger partial charge is 0.478 e. The average molecular weight is 507 g/mol. The Labute approximate surface area is 194 Å². The highest BCUT2D eigenvalue weighted by atomic mass is 32.2. The summed E-state index contributed by atoms with van der Waals surface area (Å²) < 4.78 is 50.6. The molecule has 0 aliphatic heterocycles. The molecular formula is C20H18N4O8S2. The highest BCUT2D eigenvalue weighted by Crippen LogP contribution is 2.38. The second-order valence-corrected chi connectivity index (χ2v) is 9.58. The lowest BCUT2D eigenvalue weighted by atomic mass is 10.0. The lowest BCUT2D eigenvalue weighted by molar-refractivity contribution is 0.0682. The third-order valence-electron chi connectivity index (χ3n) is 4.50. The van der Waals surface area contributed by atoms with Crippen LogP contribution in [0.25, 0.3) is 0 Å². The standard InChI is InChI=1S/C20H18N4O8S2/c21-33(29,30)23(13-7-3-1-4-8-13)17-11-16(20(27)28)18(12-15(17)19(25)26)24(34(22,31)32)14-9-5-2-6-10-14/h1-12H,(H,25,26)(H,27,28)(H2,21,29,30)(H2,22,31,32). The number of nitrogens with zero attached hydrogens (tertiary/aromatic N) is 2. The Morgan fingerprint density at radius 3 is 1.15 bits per heavy atom. The smallest absolute Gasteiger partial charge is 0.337 e. The van der Waals surface area contributed by atoms with E-state index in [4.69, 9.17) is 10.3 Å². The van der Waals surface area contributed by atoms with Gasteiger partial charge in [0.25, 0.3) is 0 Å². The van der Waals surface area contributed by atoms with Crippen LogP contribution in [0, 0.1) is 0 Å². The van der Waals surface area contributed by atoms with Crippen LogP contribution < -0.4 is 18.9 Å². The van der Waals surface area contributed by atoms with Crippen molar-refractivity contribution in [1.82, 2.24) is 0 Å². The van der Waals surface area contributed by atoms with E-state index in [2.05, 4.69) is 0 Å². The normalized spacial score (nSPS) is 11.6. The minimum absolute atomic E-state index is 0.0806. The van der Waals surface area contributed by atoms with Crippen LogP contribution in [-0.4, -0.2) is 39.0 Å². The molecule has 0 atom stereocenters. The molecule has 3 aromatic carbocycles. The van der Waals surface area contributed by atoms with Crippen LogP contribution in [0.1, 0.15) is 20.7 Å². The third-order valence-corrected chi connectivity index (χ3v) is 6.34.